The van der Waals surface area contributed by atoms with Gasteiger partial charge in [-0.3, -0.25) is 9.59 Å². The van der Waals surface area contributed by atoms with Crippen molar-refractivity contribution >= 4 is 17.3 Å². The van der Waals surface area contributed by atoms with Gasteiger partial charge in [0, 0.05) is 5.56 Å². The summed E-state index contributed by atoms with van der Waals surface area (Å²) in [4.78, 5) is 23.8. The van der Waals surface area contributed by atoms with E-state index >= 15 is 0 Å². The van der Waals surface area contributed by atoms with Gasteiger partial charge in [0.25, 0.3) is 0 Å². The molecule has 0 radical (unpaired) electrons. The van der Waals surface area contributed by atoms with Gasteiger partial charge in [-0.2, -0.15) is 0 Å². The summed E-state index contributed by atoms with van der Waals surface area (Å²) in [5.41, 5.74) is -0.469. The number of carbonyl (C=O) groups is 2. The van der Waals surface area contributed by atoms with E-state index < -0.39 is 17.2 Å². The average Bonchev–Trinajstić information content (AvgIpc) is 2.46. The third-order valence-electron chi connectivity index (χ3n) is 3.41. The van der Waals surface area contributed by atoms with Gasteiger partial charge in [-0.1, -0.05) is 30.3 Å². The molecule has 2 aliphatic rings. The summed E-state index contributed by atoms with van der Waals surface area (Å²) in [6, 6.07) is 9.37. The molecule has 1 aromatic carbocycles. The summed E-state index contributed by atoms with van der Waals surface area (Å²) >= 11 is 0. The molecular weight excluding hydrogens is 256 g/mol. The smallest absolute Gasteiger partial charge is 0.205 e. The van der Waals surface area contributed by atoms with Crippen molar-refractivity contribution in [3.05, 3.63) is 65.5 Å². The van der Waals surface area contributed by atoms with Crippen LogP contribution in [0.5, 0.6) is 0 Å². The van der Waals surface area contributed by atoms with Crippen LogP contribution in [-0.4, -0.2) is 22.3 Å². The number of hydrogen-bond acceptors (Lipinski definition) is 4. The van der Waals surface area contributed by atoms with E-state index in [1.165, 1.54) is 19.3 Å². The van der Waals surface area contributed by atoms with E-state index in [4.69, 9.17) is 4.74 Å². The fourth-order valence-corrected chi connectivity index (χ4v) is 2.16. The van der Waals surface area contributed by atoms with Crippen LogP contribution in [0.15, 0.2) is 59.9 Å². The molecule has 1 N–H and O–H groups in total. The maximum Gasteiger partial charge on any atom is 0.205 e. The minimum Gasteiger partial charge on any atom is -0.464 e. The van der Waals surface area contributed by atoms with Crippen LogP contribution in [0.4, 0.5) is 0 Å². The van der Waals surface area contributed by atoms with E-state index in [-0.39, 0.29) is 5.57 Å². The van der Waals surface area contributed by atoms with Crippen LogP contribution in [0.25, 0.3) is 5.76 Å². The number of hydrogen-bond donors (Lipinski definition) is 1. The van der Waals surface area contributed by atoms with Gasteiger partial charge in [-0.15, -0.1) is 0 Å². The number of carbonyl (C=O) groups excluding carboxylic acids is 2. The number of ether oxygens (including phenoxy) is 1. The van der Waals surface area contributed by atoms with Crippen molar-refractivity contribution in [2.45, 2.75) is 12.5 Å². The lowest BCUT2D eigenvalue weighted by Gasteiger charge is -2.27. The molecule has 100 valence electrons. The number of aliphatic hydroxyl groups is 1. The normalized spacial score (nSPS) is 25.2. The van der Waals surface area contributed by atoms with Gasteiger partial charge in [-0.05, 0) is 24.6 Å². The van der Waals surface area contributed by atoms with Crippen molar-refractivity contribution in [1.82, 2.24) is 0 Å². The first kappa shape index (κ1) is 12.6. The summed E-state index contributed by atoms with van der Waals surface area (Å²) in [6.07, 6.45) is 4.20. The Kier molecular flexibility index (Phi) is 2.69. The largest absolute Gasteiger partial charge is 0.464 e. The van der Waals surface area contributed by atoms with Gasteiger partial charge in [0.1, 0.15) is 12.0 Å². The molecule has 0 saturated carbocycles. The molecule has 1 aromatic rings. The third-order valence-corrected chi connectivity index (χ3v) is 3.41. The minimum absolute atomic E-state index is 0.217. The topological polar surface area (TPSA) is 63.6 Å². The lowest BCUT2D eigenvalue weighted by atomic mass is 9.80. The Morgan fingerprint density at radius 2 is 1.80 bits per heavy atom. The number of allylic oxidation sites excluding steroid dienone is 2. The molecule has 1 aliphatic heterocycles. The van der Waals surface area contributed by atoms with Crippen molar-refractivity contribution in [2.24, 2.45) is 0 Å². The molecule has 1 heterocycles. The second kappa shape index (κ2) is 4.28. The standard InChI is InChI=1S/C16H12O4/c1-16(19)14(17)8-11-7-13(10-5-3-2-4-6-10)20-9-12(11)15(16)18/h2-9,19H,1H3/t16-/m1/s1. The second-order valence-corrected chi connectivity index (χ2v) is 4.89. The van der Waals surface area contributed by atoms with E-state index in [0.717, 1.165) is 5.56 Å². The molecule has 20 heavy (non-hydrogen) atoms. The highest BCUT2D eigenvalue weighted by Crippen LogP contribution is 2.33. The van der Waals surface area contributed by atoms with Crippen LogP contribution in [-0.2, 0) is 14.3 Å². The number of Topliss-reactive ketones (excluding diaryl/α,β-unsaturated/α-hetero) is 1. The Hall–Kier alpha value is -2.46. The molecule has 0 fully saturated rings. The number of fused-ring (bicyclic) bond motifs is 1. The Bertz CT molecular complexity index is 690. The first-order valence-corrected chi connectivity index (χ1v) is 6.18. The molecule has 1 aliphatic carbocycles. The van der Waals surface area contributed by atoms with Gasteiger partial charge in [0.2, 0.25) is 5.78 Å². The van der Waals surface area contributed by atoms with Crippen molar-refractivity contribution in [2.75, 3.05) is 0 Å². The van der Waals surface area contributed by atoms with E-state index in [0.29, 0.717) is 11.3 Å². The van der Waals surface area contributed by atoms with Gasteiger partial charge < -0.3 is 9.84 Å². The highest BCUT2D eigenvalue weighted by Gasteiger charge is 2.44. The summed E-state index contributed by atoms with van der Waals surface area (Å²) in [5, 5.41) is 9.87. The summed E-state index contributed by atoms with van der Waals surface area (Å²) in [5.74, 6) is -0.689. The Balaban J connectivity index is 2.05. The first-order valence-electron chi connectivity index (χ1n) is 6.18. The number of ketones is 2. The molecule has 1 atom stereocenters. The van der Waals surface area contributed by atoms with Crippen molar-refractivity contribution in [1.29, 1.82) is 0 Å². The molecular formula is C16H12O4. The van der Waals surface area contributed by atoms with E-state index in [2.05, 4.69) is 0 Å². The highest BCUT2D eigenvalue weighted by atomic mass is 16.5. The predicted molar refractivity (Wildman–Crippen MR) is 72.3 cm³/mol. The molecule has 0 amide bonds. The van der Waals surface area contributed by atoms with Crippen LogP contribution in [0.2, 0.25) is 0 Å². The van der Waals surface area contributed by atoms with Crippen LogP contribution in [0, 0.1) is 0 Å². The predicted octanol–water partition coefficient (Wildman–Crippen LogP) is 1.77. The maximum absolute atomic E-state index is 12.0. The minimum atomic E-state index is -2.00. The van der Waals surface area contributed by atoms with Gasteiger partial charge in [0.15, 0.2) is 11.4 Å². The lowest BCUT2D eigenvalue weighted by Crippen LogP contribution is -2.46. The quantitative estimate of drug-likeness (QED) is 0.788. The van der Waals surface area contributed by atoms with E-state index in [1.807, 2.05) is 30.3 Å². The monoisotopic (exact) mass is 268 g/mol. The van der Waals surface area contributed by atoms with Gasteiger partial charge in [-0.25, -0.2) is 0 Å². The van der Waals surface area contributed by atoms with E-state index in [1.54, 1.807) is 6.08 Å². The Morgan fingerprint density at radius 1 is 1.10 bits per heavy atom. The summed E-state index contributed by atoms with van der Waals surface area (Å²) < 4.78 is 5.45. The van der Waals surface area contributed by atoms with Crippen molar-refractivity contribution in [3.63, 3.8) is 0 Å². The molecule has 0 unspecified atom stereocenters. The van der Waals surface area contributed by atoms with Crippen molar-refractivity contribution in [3.8, 4) is 0 Å². The SMILES string of the molecule is C[C@@]1(O)C(=O)C=C2C=C(c3ccccc3)OC=C2C1=O. The first-order chi connectivity index (χ1) is 9.50. The third kappa shape index (κ3) is 1.82. The molecule has 0 spiro atoms. The molecule has 0 saturated heterocycles. The zero-order chi connectivity index (χ0) is 14.3. The average molecular weight is 268 g/mol. The van der Waals surface area contributed by atoms with Crippen LogP contribution in [0.1, 0.15) is 12.5 Å². The van der Waals surface area contributed by atoms with Crippen molar-refractivity contribution < 1.29 is 19.4 Å². The fraction of sp³-hybridized carbons (Fsp3) is 0.125. The molecule has 3 rings (SSSR count). The molecule has 4 nitrogen and oxygen atoms in total. The zero-order valence-corrected chi connectivity index (χ0v) is 10.8. The summed E-state index contributed by atoms with van der Waals surface area (Å²) in [7, 11) is 0. The van der Waals surface area contributed by atoms with Crippen LogP contribution in [0.3, 0.4) is 0 Å². The molecule has 4 heteroatoms. The molecule has 0 bridgehead atoms. The highest BCUT2D eigenvalue weighted by molar-refractivity contribution is 6.25. The Labute approximate surface area is 115 Å². The van der Waals surface area contributed by atoms with Crippen LogP contribution >= 0.6 is 0 Å². The maximum atomic E-state index is 12.0. The number of benzene rings is 1. The van der Waals surface area contributed by atoms with Gasteiger partial charge in [0.05, 0.1) is 5.57 Å². The second-order valence-electron chi connectivity index (χ2n) is 4.89. The van der Waals surface area contributed by atoms with E-state index in [9.17, 15) is 14.7 Å². The summed E-state index contributed by atoms with van der Waals surface area (Å²) in [6.45, 7) is 1.20. The molecule has 0 aromatic heterocycles. The number of rotatable bonds is 1. The van der Waals surface area contributed by atoms with Gasteiger partial charge >= 0.3 is 0 Å². The Morgan fingerprint density at radius 3 is 2.50 bits per heavy atom. The van der Waals surface area contributed by atoms with Crippen LogP contribution < -0.4 is 0 Å². The fourth-order valence-electron chi connectivity index (χ4n) is 2.16. The zero-order valence-electron chi connectivity index (χ0n) is 10.8. The lowest BCUT2D eigenvalue weighted by molar-refractivity contribution is -0.144.